The second-order valence-electron chi connectivity index (χ2n) is 7.59. The molecule has 4 heterocycles. The molecule has 1 N–H and O–H groups in total. The van der Waals surface area contributed by atoms with E-state index in [1.54, 1.807) is 6.20 Å². The molecule has 31 heavy (non-hydrogen) atoms. The van der Waals surface area contributed by atoms with E-state index in [2.05, 4.69) is 29.3 Å². The molecule has 0 amide bonds. The lowest BCUT2D eigenvalue weighted by atomic mass is 10.1. The van der Waals surface area contributed by atoms with E-state index in [1.807, 2.05) is 6.92 Å². The maximum absolute atomic E-state index is 13.4. The fraction of sp³-hybridized carbons (Fsp3) is 0.400. The molecule has 7 nitrogen and oxygen atoms in total. The molecule has 0 radical (unpaired) electrons. The normalized spacial score (nSPS) is 18.5. The van der Waals surface area contributed by atoms with Crippen molar-refractivity contribution in [3.63, 3.8) is 0 Å². The predicted molar refractivity (Wildman–Crippen MR) is 112 cm³/mol. The number of nitrogens with zero attached hydrogens (tertiary/aromatic N) is 3. The van der Waals surface area contributed by atoms with Crippen LogP contribution in [-0.2, 0) is 16.6 Å². The van der Waals surface area contributed by atoms with Gasteiger partial charge in [0.2, 0.25) is 5.75 Å². The molecule has 1 saturated heterocycles. The van der Waals surface area contributed by atoms with Crippen molar-refractivity contribution in [1.29, 1.82) is 0 Å². The molecule has 11 heteroatoms. The minimum Gasteiger partial charge on any atom is -0.395 e. The van der Waals surface area contributed by atoms with Crippen LogP contribution in [0.15, 0.2) is 23.5 Å². The Morgan fingerprint density at radius 3 is 2.81 bits per heavy atom. The molecule has 0 saturated carbocycles. The van der Waals surface area contributed by atoms with Crippen LogP contribution < -0.4 is 14.4 Å². The summed E-state index contributed by atoms with van der Waals surface area (Å²) in [5, 5.41) is 0.615. The number of fused-ring (bicyclic) bond motifs is 3. The summed E-state index contributed by atoms with van der Waals surface area (Å²) in [4.78, 5) is 13.8. The molecule has 1 aromatic carbocycles. The molecule has 1 fully saturated rings. The van der Waals surface area contributed by atoms with Crippen LogP contribution in [0.3, 0.4) is 0 Å². The molecule has 0 spiro atoms. The van der Waals surface area contributed by atoms with Gasteiger partial charge in [0.1, 0.15) is 5.52 Å². The summed E-state index contributed by atoms with van der Waals surface area (Å²) < 4.78 is 48.9. The SMILES string of the molecule is Cc1cnc(CS(=O)c2nc3c4c(ccc3[nH]2)OC(F)(F)O4)c(Cl)c1N1CCCCC1. The Bertz CT molecular complexity index is 1200. The minimum atomic E-state index is -3.75. The summed E-state index contributed by atoms with van der Waals surface area (Å²) in [6, 6.07) is 2.88. The first-order chi connectivity index (χ1) is 14.8. The molecule has 0 aliphatic carbocycles. The van der Waals surface area contributed by atoms with Gasteiger partial charge in [0.15, 0.2) is 10.9 Å². The largest absolute Gasteiger partial charge is 0.586 e. The fourth-order valence-electron chi connectivity index (χ4n) is 3.96. The maximum atomic E-state index is 13.4. The zero-order valence-electron chi connectivity index (χ0n) is 16.6. The van der Waals surface area contributed by atoms with Crippen molar-refractivity contribution in [2.24, 2.45) is 0 Å². The Hall–Kier alpha value is -2.46. The predicted octanol–water partition coefficient (Wildman–Crippen LogP) is 4.54. The highest BCUT2D eigenvalue weighted by Crippen LogP contribution is 2.45. The van der Waals surface area contributed by atoms with Crippen LogP contribution in [-0.4, -0.2) is 38.5 Å². The van der Waals surface area contributed by atoms with Crippen molar-refractivity contribution in [3.05, 3.63) is 34.6 Å². The molecular weight excluding hydrogens is 450 g/mol. The second kappa shape index (κ2) is 7.59. The monoisotopic (exact) mass is 468 g/mol. The van der Waals surface area contributed by atoms with Gasteiger partial charge in [0.05, 0.1) is 38.5 Å². The number of aryl methyl sites for hydroxylation is 1. The minimum absolute atomic E-state index is 0.0372. The van der Waals surface area contributed by atoms with Crippen LogP contribution in [0.4, 0.5) is 14.5 Å². The van der Waals surface area contributed by atoms with Gasteiger partial charge < -0.3 is 19.4 Å². The molecule has 5 rings (SSSR count). The second-order valence-corrected chi connectivity index (χ2v) is 9.33. The number of H-pyrrole nitrogens is 1. The number of hydrogen-bond donors (Lipinski definition) is 1. The van der Waals surface area contributed by atoms with E-state index in [0.717, 1.165) is 37.2 Å². The zero-order valence-corrected chi connectivity index (χ0v) is 18.2. The van der Waals surface area contributed by atoms with Crippen molar-refractivity contribution in [2.75, 3.05) is 18.0 Å². The maximum Gasteiger partial charge on any atom is 0.586 e. The number of rotatable bonds is 4. The molecular formula is C20H19ClF2N4O3S. The lowest BCUT2D eigenvalue weighted by Crippen LogP contribution is -2.30. The Labute approximate surface area is 184 Å². The average Bonchev–Trinajstić information content (AvgIpc) is 3.30. The third-order valence-electron chi connectivity index (χ3n) is 5.40. The summed E-state index contributed by atoms with van der Waals surface area (Å²) in [5.74, 6) is -0.258. The van der Waals surface area contributed by atoms with Gasteiger partial charge in [-0.15, -0.1) is 8.78 Å². The third-order valence-corrected chi connectivity index (χ3v) is 6.96. The van der Waals surface area contributed by atoms with Crippen molar-refractivity contribution < 1.29 is 22.5 Å². The van der Waals surface area contributed by atoms with Gasteiger partial charge in [-0.1, -0.05) is 11.6 Å². The van der Waals surface area contributed by atoms with Crippen LogP contribution in [0.5, 0.6) is 11.5 Å². The van der Waals surface area contributed by atoms with Crippen molar-refractivity contribution >= 4 is 39.1 Å². The lowest BCUT2D eigenvalue weighted by Gasteiger charge is -2.31. The number of nitrogens with one attached hydrogen (secondary N) is 1. The molecule has 3 aromatic rings. The number of aromatic nitrogens is 3. The van der Waals surface area contributed by atoms with Crippen LogP contribution >= 0.6 is 11.6 Å². The highest BCUT2D eigenvalue weighted by molar-refractivity contribution is 7.84. The van der Waals surface area contributed by atoms with Crippen LogP contribution in [0.25, 0.3) is 11.0 Å². The van der Waals surface area contributed by atoms with Crippen molar-refractivity contribution in [2.45, 2.75) is 43.4 Å². The first-order valence-corrected chi connectivity index (χ1v) is 11.6. The van der Waals surface area contributed by atoms with E-state index in [4.69, 9.17) is 11.6 Å². The fourth-order valence-corrected chi connectivity index (χ4v) is 5.45. The Morgan fingerprint density at radius 1 is 1.26 bits per heavy atom. The number of hydrogen-bond acceptors (Lipinski definition) is 6. The molecule has 1 unspecified atom stereocenters. The lowest BCUT2D eigenvalue weighted by molar-refractivity contribution is -0.286. The summed E-state index contributed by atoms with van der Waals surface area (Å²) in [6.07, 6.45) is 1.40. The summed E-state index contributed by atoms with van der Waals surface area (Å²) in [7, 11) is -1.63. The summed E-state index contributed by atoms with van der Waals surface area (Å²) in [5.41, 5.74) is 2.95. The van der Waals surface area contributed by atoms with E-state index in [9.17, 15) is 13.0 Å². The summed E-state index contributed by atoms with van der Waals surface area (Å²) in [6.45, 7) is 3.81. The Balaban J connectivity index is 1.44. The average molecular weight is 469 g/mol. The highest BCUT2D eigenvalue weighted by Gasteiger charge is 2.45. The zero-order chi connectivity index (χ0) is 21.8. The Morgan fingerprint density at radius 2 is 2.03 bits per heavy atom. The van der Waals surface area contributed by atoms with Gasteiger partial charge in [0, 0.05) is 19.3 Å². The summed E-state index contributed by atoms with van der Waals surface area (Å²) >= 11 is 6.68. The van der Waals surface area contributed by atoms with Gasteiger partial charge >= 0.3 is 6.29 Å². The van der Waals surface area contributed by atoms with Gasteiger partial charge in [-0.3, -0.25) is 9.19 Å². The van der Waals surface area contributed by atoms with Crippen molar-refractivity contribution in [3.8, 4) is 11.5 Å². The first-order valence-electron chi connectivity index (χ1n) is 9.88. The number of aromatic amines is 1. The first kappa shape index (κ1) is 20.4. The van der Waals surface area contributed by atoms with Gasteiger partial charge in [-0.2, -0.15) is 0 Å². The number of imidazole rings is 1. The highest BCUT2D eigenvalue weighted by atomic mass is 35.5. The molecule has 164 valence electrons. The number of alkyl halides is 2. The van der Waals surface area contributed by atoms with Crippen LogP contribution in [0.2, 0.25) is 5.02 Å². The molecule has 2 aromatic heterocycles. The smallest absolute Gasteiger partial charge is 0.395 e. The molecule has 2 aliphatic rings. The van der Waals surface area contributed by atoms with E-state index >= 15 is 0 Å². The van der Waals surface area contributed by atoms with Crippen LogP contribution in [0, 0.1) is 6.92 Å². The molecule has 0 bridgehead atoms. The number of anilines is 1. The number of ether oxygens (including phenoxy) is 2. The number of benzene rings is 1. The standard InChI is InChI=1S/C20H19ClF2N4O3S/c1-11-9-24-13(15(21)17(11)27-7-3-2-4-8-27)10-31(28)19-25-12-5-6-14-18(16(12)26-19)30-20(22,23)29-14/h5-6,9H,2-4,7-8,10H2,1H3,(H,25,26). The van der Waals surface area contributed by atoms with E-state index in [1.165, 1.54) is 18.6 Å². The van der Waals surface area contributed by atoms with E-state index in [0.29, 0.717) is 16.2 Å². The van der Waals surface area contributed by atoms with E-state index in [-0.39, 0.29) is 27.9 Å². The third kappa shape index (κ3) is 3.71. The number of pyridine rings is 1. The van der Waals surface area contributed by atoms with Crippen molar-refractivity contribution in [1.82, 2.24) is 15.0 Å². The molecule has 2 aliphatic heterocycles. The number of piperidine rings is 1. The van der Waals surface area contributed by atoms with Gasteiger partial charge in [-0.05, 0) is 43.9 Å². The number of halogens is 3. The quantitative estimate of drug-likeness (QED) is 0.605. The van der Waals surface area contributed by atoms with Gasteiger partial charge in [-0.25, -0.2) is 4.98 Å². The van der Waals surface area contributed by atoms with Gasteiger partial charge in [0.25, 0.3) is 0 Å². The van der Waals surface area contributed by atoms with E-state index < -0.39 is 17.1 Å². The molecule has 1 atom stereocenters. The Kier molecular flexibility index (Phi) is 5.01. The van der Waals surface area contributed by atoms with Crippen LogP contribution in [0.1, 0.15) is 30.5 Å². The topological polar surface area (TPSA) is 80.3 Å².